The van der Waals surface area contributed by atoms with Crippen LogP contribution in [0.15, 0.2) is 18.2 Å². The maximum atomic E-state index is 5.95. The van der Waals surface area contributed by atoms with Gasteiger partial charge in [0.05, 0.1) is 14.2 Å². The number of nitrogens with two attached hydrogens (primary N) is 1. The lowest BCUT2D eigenvalue weighted by molar-refractivity contribution is 0.194. The van der Waals surface area contributed by atoms with Crippen LogP contribution in [-0.2, 0) is 6.54 Å². The predicted molar refractivity (Wildman–Crippen MR) is 89.4 cm³/mol. The molecule has 118 valence electrons. The Labute approximate surface area is 132 Å². The van der Waals surface area contributed by atoms with Gasteiger partial charge in [-0.05, 0) is 49.9 Å². The van der Waals surface area contributed by atoms with Crippen molar-refractivity contribution in [1.29, 1.82) is 0 Å². The molecule has 0 amide bonds. The quantitative estimate of drug-likeness (QED) is 0.874. The van der Waals surface area contributed by atoms with Crippen molar-refractivity contribution in [2.75, 3.05) is 40.1 Å². The maximum absolute atomic E-state index is 5.95. The van der Waals surface area contributed by atoms with E-state index in [1.165, 1.54) is 5.56 Å². The molecule has 1 aliphatic heterocycles. The highest BCUT2D eigenvalue weighted by Gasteiger charge is 2.32. The van der Waals surface area contributed by atoms with Gasteiger partial charge < -0.3 is 15.2 Å². The Hall–Kier alpha value is -0.910. The molecule has 0 atom stereocenters. The number of hydrogen-bond donors (Lipinski definition) is 1. The van der Waals surface area contributed by atoms with Crippen molar-refractivity contribution in [3.8, 4) is 11.5 Å². The van der Waals surface area contributed by atoms with Crippen molar-refractivity contribution in [1.82, 2.24) is 4.90 Å². The van der Waals surface area contributed by atoms with E-state index in [-0.39, 0.29) is 4.75 Å². The van der Waals surface area contributed by atoms with E-state index in [0.29, 0.717) is 0 Å². The lowest BCUT2D eigenvalue weighted by Crippen LogP contribution is -2.46. The fourth-order valence-corrected chi connectivity index (χ4v) is 3.60. The Kier molecular flexibility index (Phi) is 5.79. The molecule has 1 fully saturated rings. The molecule has 1 heterocycles. The zero-order valence-corrected chi connectivity index (χ0v) is 14.0. The predicted octanol–water partition coefficient (Wildman–Crippen LogP) is 2.36. The lowest BCUT2D eigenvalue weighted by Gasteiger charge is -2.40. The van der Waals surface area contributed by atoms with Crippen LogP contribution in [0.5, 0.6) is 11.5 Å². The Morgan fingerprint density at radius 3 is 2.38 bits per heavy atom. The minimum Gasteiger partial charge on any atom is -0.493 e. The average molecular weight is 310 g/mol. The smallest absolute Gasteiger partial charge is 0.161 e. The molecule has 0 radical (unpaired) electrons. The molecule has 1 aromatic carbocycles. The van der Waals surface area contributed by atoms with Gasteiger partial charge in [0.25, 0.3) is 0 Å². The summed E-state index contributed by atoms with van der Waals surface area (Å²) in [6, 6.07) is 6.16. The van der Waals surface area contributed by atoms with E-state index in [9.17, 15) is 0 Å². The van der Waals surface area contributed by atoms with E-state index in [0.717, 1.165) is 50.5 Å². The van der Waals surface area contributed by atoms with Crippen molar-refractivity contribution < 1.29 is 9.47 Å². The van der Waals surface area contributed by atoms with Crippen LogP contribution in [-0.4, -0.2) is 49.8 Å². The molecule has 0 aliphatic carbocycles. The number of benzene rings is 1. The van der Waals surface area contributed by atoms with Crippen molar-refractivity contribution in [2.24, 2.45) is 5.73 Å². The van der Waals surface area contributed by atoms with E-state index in [2.05, 4.69) is 23.3 Å². The molecule has 1 saturated heterocycles. The highest BCUT2D eigenvalue weighted by atomic mass is 32.2. The first-order valence-corrected chi connectivity index (χ1v) is 8.57. The first-order valence-electron chi connectivity index (χ1n) is 7.35. The summed E-state index contributed by atoms with van der Waals surface area (Å²) in [5.41, 5.74) is 7.21. The van der Waals surface area contributed by atoms with Crippen molar-refractivity contribution in [3.63, 3.8) is 0 Å². The molecule has 4 nitrogen and oxygen atoms in total. The summed E-state index contributed by atoms with van der Waals surface area (Å²) < 4.78 is 10.9. The maximum Gasteiger partial charge on any atom is 0.161 e. The van der Waals surface area contributed by atoms with Crippen molar-refractivity contribution >= 4 is 11.8 Å². The van der Waals surface area contributed by atoms with Gasteiger partial charge in [0, 0.05) is 17.8 Å². The van der Waals surface area contributed by atoms with Crippen molar-refractivity contribution in [3.05, 3.63) is 23.8 Å². The van der Waals surface area contributed by atoms with E-state index in [1.54, 1.807) is 14.2 Å². The molecule has 2 N–H and O–H groups in total. The molecule has 0 unspecified atom stereocenters. The summed E-state index contributed by atoms with van der Waals surface area (Å²) >= 11 is 1.92. The zero-order valence-electron chi connectivity index (χ0n) is 13.2. The number of hydrogen-bond acceptors (Lipinski definition) is 5. The zero-order chi connectivity index (χ0) is 15.3. The van der Waals surface area contributed by atoms with E-state index >= 15 is 0 Å². The van der Waals surface area contributed by atoms with Gasteiger partial charge >= 0.3 is 0 Å². The summed E-state index contributed by atoms with van der Waals surface area (Å²) in [6.45, 7) is 3.94. The molecule has 0 spiro atoms. The van der Waals surface area contributed by atoms with Crippen LogP contribution in [0.1, 0.15) is 18.4 Å². The molecule has 0 saturated carbocycles. The monoisotopic (exact) mass is 310 g/mol. The van der Waals surface area contributed by atoms with Gasteiger partial charge in [-0.15, -0.1) is 0 Å². The highest BCUT2D eigenvalue weighted by Crippen LogP contribution is 2.34. The second-order valence-electron chi connectivity index (χ2n) is 5.56. The third-order valence-corrected chi connectivity index (χ3v) is 5.87. The summed E-state index contributed by atoms with van der Waals surface area (Å²) in [7, 11) is 3.34. The lowest BCUT2D eigenvalue weighted by atomic mass is 9.95. The molecule has 0 aromatic heterocycles. The Morgan fingerprint density at radius 2 is 1.86 bits per heavy atom. The highest BCUT2D eigenvalue weighted by molar-refractivity contribution is 8.00. The second kappa shape index (κ2) is 7.38. The minimum absolute atomic E-state index is 0.286. The van der Waals surface area contributed by atoms with E-state index in [4.69, 9.17) is 15.2 Å². The second-order valence-corrected chi connectivity index (χ2v) is 6.83. The molecular formula is C16H26N2O2S. The normalized spacial score (nSPS) is 18.5. The largest absolute Gasteiger partial charge is 0.493 e. The molecule has 5 heteroatoms. The first kappa shape index (κ1) is 16.5. The Bertz CT molecular complexity index is 454. The van der Waals surface area contributed by atoms with Gasteiger partial charge in [-0.3, -0.25) is 4.90 Å². The van der Waals surface area contributed by atoms with Gasteiger partial charge in [-0.25, -0.2) is 0 Å². The summed E-state index contributed by atoms with van der Waals surface area (Å²) in [5.74, 6) is 1.58. The Morgan fingerprint density at radius 1 is 1.19 bits per heavy atom. The van der Waals surface area contributed by atoms with Crippen molar-refractivity contribution in [2.45, 2.75) is 24.1 Å². The summed E-state index contributed by atoms with van der Waals surface area (Å²) in [6.07, 6.45) is 4.51. The number of thioether (sulfide) groups is 1. The Balaban J connectivity index is 1.97. The van der Waals surface area contributed by atoms with E-state index < -0.39 is 0 Å². The van der Waals surface area contributed by atoms with Crippen LogP contribution in [0.3, 0.4) is 0 Å². The fourth-order valence-electron chi connectivity index (χ4n) is 2.85. The number of likely N-dealkylation sites (tertiary alicyclic amines) is 1. The molecule has 2 rings (SSSR count). The third kappa shape index (κ3) is 3.84. The number of nitrogens with zero attached hydrogens (tertiary/aromatic N) is 1. The van der Waals surface area contributed by atoms with Crippen LogP contribution >= 0.6 is 11.8 Å². The summed E-state index contributed by atoms with van der Waals surface area (Å²) in [5, 5.41) is 0. The standard InChI is InChI=1S/C16H26N2O2S/c1-19-14-5-4-13(10-15(14)20-2)11-18-8-6-16(12-17,21-3)7-9-18/h4-5,10H,6-9,11-12,17H2,1-3H3. The number of rotatable bonds is 6. The van der Waals surface area contributed by atoms with Crippen LogP contribution < -0.4 is 15.2 Å². The third-order valence-electron chi connectivity index (χ3n) is 4.43. The van der Waals surface area contributed by atoms with Crippen LogP contribution in [0.2, 0.25) is 0 Å². The topological polar surface area (TPSA) is 47.7 Å². The number of ether oxygens (including phenoxy) is 2. The van der Waals surface area contributed by atoms with Crippen LogP contribution in [0.4, 0.5) is 0 Å². The van der Waals surface area contributed by atoms with Gasteiger partial charge in [0.1, 0.15) is 0 Å². The molecule has 0 bridgehead atoms. The molecular weight excluding hydrogens is 284 g/mol. The fraction of sp³-hybridized carbons (Fsp3) is 0.625. The van der Waals surface area contributed by atoms with Gasteiger partial charge in [0.15, 0.2) is 11.5 Å². The summed E-state index contributed by atoms with van der Waals surface area (Å²) in [4.78, 5) is 2.49. The number of methoxy groups -OCH3 is 2. The van der Waals surface area contributed by atoms with Gasteiger partial charge in [0.2, 0.25) is 0 Å². The van der Waals surface area contributed by atoms with Crippen LogP contribution in [0.25, 0.3) is 0 Å². The number of piperidine rings is 1. The first-order chi connectivity index (χ1) is 10.2. The SMILES string of the molecule is COc1ccc(CN2CCC(CN)(SC)CC2)cc1OC. The van der Waals surface area contributed by atoms with E-state index in [1.807, 2.05) is 17.8 Å². The average Bonchev–Trinajstić information content (AvgIpc) is 2.55. The molecule has 1 aromatic rings. The minimum atomic E-state index is 0.286. The molecule has 1 aliphatic rings. The molecule has 21 heavy (non-hydrogen) atoms. The van der Waals surface area contributed by atoms with Gasteiger partial charge in [-0.1, -0.05) is 6.07 Å². The van der Waals surface area contributed by atoms with Gasteiger partial charge in [-0.2, -0.15) is 11.8 Å². The van der Waals surface area contributed by atoms with Crippen LogP contribution in [0, 0.1) is 0 Å².